The third-order valence-electron chi connectivity index (χ3n) is 1.41. The molecule has 0 aliphatic rings. The lowest BCUT2D eigenvalue weighted by atomic mass is 10.4. The van der Waals surface area contributed by atoms with Crippen molar-refractivity contribution in [3.05, 3.63) is 0 Å². The van der Waals surface area contributed by atoms with Gasteiger partial charge >= 0.3 is 0 Å². The molecule has 7 heteroatoms. The summed E-state index contributed by atoms with van der Waals surface area (Å²) in [5, 5.41) is 0. The Morgan fingerprint density at radius 1 is 1.62 bits per heavy atom. The van der Waals surface area contributed by atoms with Gasteiger partial charge in [-0.25, -0.2) is 4.72 Å². The van der Waals surface area contributed by atoms with Crippen LogP contribution < -0.4 is 10.5 Å². The van der Waals surface area contributed by atoms with Crippen LogP contribution in [0.4, 0.5) is 0 Å². The summed E-state index contributed by atoms with van der Waals surface area (Å²) < 4.78 is 26.1. The summed E-state index contributed by atoms with van der Waals surface area (Å²) in [7, 11) is -1.86. The number of thiocarbonyl (C=S) groups is 1. The summed E-state index contributed by atoms with van der Waals surface area (Å²) in [6.07, 6.45) is 0.399. The first-order valence-corrected chi connectivity index (χ1v) is 5.74. The van der Waals surface area contributed by atoms with Crippen LogP contribution in [-0.2, 0) is 10.2 Å². The average molecular weight is 225 g/mol. The lowest BCUT2D eigenvalue weighted by molar-refractivity contribution is 0.468. The van der Waals surface area contributed by atoms with Crippen molar-refractivity contribution in [3.8, 4) is 0 Å². The first kappa shape index (κ1) is 12.8. The SMILES string of the molecule is CCNS(=O)(=O)N(C)CCC(N)=S. The maximum Gasteiger partial charge on any atom is 0.279 e. The minimum atomic E-state index is -3.34. The fourth-order valence-electron chi connectivity index (χ4n) is 0.680. The second-order valence-corrected chi connectivity index (χ2v) is 4.93. The maximum absolute atomic E-state index is 11.3. The lowest BCUT2D eigenvalue weighted by Crippen LogP contribution is -2.39. The zero-order valence-electron chi connectivity index (χ0n) is 7.78. The van der Waals surface area contributed by atoms with Gasteiger partial charge in [-0.1, -0.05) is 19.1 Å². The number of nitrogens with one attached hydrogen (secondary N) is 1. The molecule has 0 aromatic heterocycles. The van der Waals surface area contributed by atoms with Gasteiger partial charge in [0.2, 0.25) is 0 Å². The highest BCUT2D eigenvalue weighted by Gasteiger charge is 2.15. The number of hydrogen-bond acceptors (Lipinski definition) is 3. The Bertz CT molecular complexity index is 263. The van der Waals surface area contributed by atoms with Crippen LogP contribution in [0.1, 0.15) is 13.3 Å². The molecular weight excluding hydrogens is 210 g/mol. The van der Waals surface area contributed by atoms with Crippen molar-refractivity contribution in [1.29, 1.82) is 0 Å². The molecule has 0 saturated carbocycles. The van der Waals surface area contributed by atoms with E-state index in [1.807, 2.05) is 0 Å². The standard InChI is InChI=1S/C6H15N3O2S2/c1-3-8-13(10,11)9(2)5-4-6(7)12/h8H,3-5H2,1-2H3,(H2,7,12). The van der Waals surface area contributed by atoms with Crippen LogP contribution in [0.5, 0.6) is 0 Å². The molecule has 0 rings (SSSR count). The zero-order valence-corrected chi connectivity index (χ0v) is 9.41. The molecule has 78 valence electrons. The molecule has 0 aromatic carbocycles. The molecule has 0 heterocycles. The van der Waals surface area contributed by atoms with Gasteiger partial charge in [0, 0.05) is 26.6 Å². The van der Waals surface area contributed by atoms with Crippen molar-refractivity contribution < 1.29 is 8.42 Å². The predicted octanol–water partition coefficient (Wildman–Crippen LogP) is -0.551. The second-order valence-electron chi connectivity index (χ2n) is 2.54. The van der Waals surface area contributed by atoms with Gasteiger partial charge < -0.3 is 5.73 Å². The van der Waals surface area contributed by atoms with Crippen LogP contribution in [0.2, 0.25) is 0 Å². The monoisotopic (exact) mass is 225 g/mol. The van der Waals surface area contributed by atoms with E-state index in [4.69, 9.17) is 5.73 Å². The molecule has 0 radical (unpaired) electrons. The van der Waals surface area contributed by atoms with Gasteiger partial charge in [-0.3, -0.25) is 0 Å². The highest BCUT2D eigenvalue weighted by Crippen LogP contribution is 1.95. The summed E-state index contributed by atoms with van der Waals surface area (Å²) >= 11 is 4.64. The van der Waals surface area contributed by atoms with Crippen molar-refractivity contribution in [2.75, 3.05) is 20.1 Å². The lowest BCUT2D eigenvalue weighted by Gasteiger charge is -2.16. The zero-order chi connectivity index (χ0) is 10.5. The van der Waals surface area contributed by atoms with E-state index in [0.717, 1.165) is 0 Å². The fraction of sp³-hybridized carbons (Fsp3) is 0.833. The van der Waals surface area contributed by atoms with Crippen LogP contribution in [0.25, 0.3) is 0 Å². The van der Waals surface area contributed by atoms with E-state index in [-0.39, 0.29) is 0 Å². The van der Waals surface area contributed by atoms with E-state index in [1.165, 1.54) is 11.4 Å². The normalized spacial score (nSPS) is 11.9. The van der Waals surface area contributed by atoms with E-state index in [0.29, 0.717) is 24.5 Å². The number of rotatable bonds is 6. The summed E-state index contributed by atoms with van der Waals surface area (Å²) in [4.78, 5) is 0.318. The van der Waals surface area contributed by atoms with Crippen molar-refractivity contribution in [3.63, 3.8) is 0 Å². The fourth-order valence-corrected chi connectivity index (χ4v) is 1.69. The quantitative estimate of drug-likeness (QED) is 0.595. The Kier molecular flexibility index (Phi) is 5.38. The van der Waals surface area contributed by atoms with Crippen molar-refractivity contribution in [1.82, 2.24) is 9.03 Å². The van der Waals surface area contributed by atoms with Gasteiger partial charge in [-0.15, -0.1) is 0 Å². The number of nitrogens with two attached hydrogens (primary N) is 1. The van der Waals surface area contributed by atoms with Crippen molar-refractivity contribution in [2.24, 2.45) is 5.73 Å². The molecule has 0 aliphatic carbocycles. The van der Waals surface area contributed by atoms with Crippen LogP contribution in [-0.4, -0.2) is 37.8 Å². The van der Waals surface area contributed by atoms with Gasteiger partial charge in [0.15, 0.2) is 0 Å². The number of hydrogen-bond donors (Lipinski definition) is 2. The highest BCUT2D eigenvalue weighted by atomic mass is 32.2. The average Bonchev–Trinajstić information content (AvgIpc) is 1.99. The topological polar surface area (TPSA) is 75.4 Å². The van der Waals surface area contributed by atoms with Crippen molar-refractivity contribution in [2.45, 2.75) is 13.3 Å². The maximum atomic E-state index is 11.3. The van der Waals surface area contributed by atoms with E-state index in [2.05, 4.69) is 16.9 Å². The van der Waals surface area contributed by atoms with E-state index in [9.17, 15) is 8.42 Å². The minimum Gasteiger partial charge on any atom is -0.393 e. The van der Waals surface area contributed by atoms with Crippen LogP contribution in [0.15, 0.2) is 0 Å². The molecule has 0 fully saturated rings. The molecule has 5 nitrogen and oxygen atoms in total. The van der Waals surface area contributed by atoms with Gasteiger partial charge in [0.1, 0.15) is 0 Å². The summed E-state index contributed by atoms with van der Waals surface area (Å²) in [6.45, 7) is 2.41. The van der Waals surface area contributed by atoms with Gasteiger partial charge in [-0.05, 0) is 0 Å². The van der Waals surface area contributed by atoms with Gasteiger partial charge in [0.25, 0.3) is 10.2 Å². The molecule has 0 aliphatic heterocycles. The molecular formula is C6H15N3O2S2. The summed E-state index contributed by atoms with van der Waals surface area (Å²) in [5.74, 6) is 0. The molecule has 0 spiro atoms. The first-order valence-electron chi connectivity index (χ1n) is 3.89. The molecule has 13 heavy (non-hydrogen) atoms. The Hall–Kier alpha value is -0.240. The number of nitrogens with zero attached hydrogens (tertiary/aromatic N) is 1. The van der Waals surface area contributed by atoms with E-state index in [1.54, 1.807) is 6.92 Å². The Morgan fingerprint density at radius 2 is 2.15 bits per heavy atom. The Morgan fingerprint density at radius 3 is 2.54 bits per heavy atom. The molecule has 0 bridgehead atoms. The minimum absolute atomic E-state index is 0.310. The molecule has 0 unspecified atom stereocenters. The first-order chi connectivity index (χ1) is 5.90. The molecule has 0 atom stereocenters. The largest absolute Gasteiger partial charge is 0.393 e. The Balaban J connectivity index is 4.09. The van der Waals surface area contributed by atoms with Crippen molar-refractivity contribution >= 4 is 27.4 Å². The molecule has 0 amide bonds. The third-order valence-corrected chi connectivity index (χ3v) is 3.27. The predicted molar refractivity (Wildman–Crippen MR) is 56.6 cm³/mol. The summed E-state index contributed by atoms with van der Waals surface area (Å²) in [6, 6.07) is 0. The molecule has 0 aromatic rings. The van der Waals surface area contributed by atoms with E-state index >= 15 is 0 Å². The van der Waals surface area contributed by atoms with Crippen LogP contribution in [0.3, 0.4) is 0 Å². The molecule has 0 saturated heterocycles. The van der Waals surface area contributed by atoms with Crippen LogP contribution >= 0.6 is 12.2 Å². The van der Waals surface area contributed by atoms with E-state index < -0.39 is 10.2 Å². The second kappa shape index (κ2) is 5.48. The smallest absolute Gasteiger partial charge is 0.279 e. The van der Waals surface area contributed by atoms with Gasteiger partial charge in [0.05, 0.1) is 4.99 Å². The van der Waals surface area contributed by atoms with Gasteiger partial charge in [-0.2, -0.15) is 12.7 Å². The molecule has 3 N–H and O–H groups in total. The highest BCUT2D eigenvalue weighted by molar-refractivity contribution is 7.87. The third kappa shape index (κ3) is 5.14. The Labute approximate surface area is 84.5 Å². The summed E-state index contributed by atoms with van der Waals surface area (Å²) in [5.41, 5.74) is 5.25. The van der Waals surface area contributed by atoms with Crippen LogP contribution in [0, 0.1) is 0 Å².